The molecule has 0 bridgehead atoms. The van der Waals surface area contributed by atoms with Crippen LogP contribution < -0.4 is 5.32 Å². The number of aliphatic hydroxyl groups is 1. The Balaban J connectivity index is 1.93. The van der Waals surface area contributed by atoms with Gasteiger partial charge in [-0.25, -0.2) is 0 Å². The first kappa shape index (κ1) is 14.0. The molecule has 0 saturated heterocycles. The Bertz CT molecular complexity index is 432. The van der Waals surface area contributed by atoms with Crippen molar-refractivity contribution in [3.8, 4) is 0 Å². The van der Waals surface area contributed by atoms with Crippen molar-refractivity contribution in [2.75, 3.05) is 6.61 Å². The van der Waals surface area contributed by atoms with E-state index in [2.05, 4.69) is 5.32 Å². The third kappa shape index (κ3) is 3.14. The largest absolute Gasteiger partial charge is 0.481 e. The first-order chi connectivity index (χ1) is 9.06. The molecule has 1 aromatic carbocycles. The van der Waals surface area contributed by atoms with Crippen LogP contribution in [0.25, 0.3) is 0 Å². The van der Waals surface area contributed by atoms with E-state index >= 15 is 0 Å². The summed E-state index contributed by atoms with van der Waals surface area (Å²) < 4.78 is 0. The van der Waals surface area contributed by atoms with E-state index in [1.165, 1.54) is 6.42 Å². The van der Waals surface area contributed by atoms with Crippen LogP contribution in [0.1, 0.15) is 43.2 Å². The molecule has 1 aliphatic carbocycles. The lowest BCUT2D eigenvalue weighted by atomic mass is 9.77. The summed E-state index contributed by atoms with van der Waals surface area (Å²) in [6, 6.07) is 7.63. The molecule has 0 aromatic heterocycles. The molecule has 0 aliphatic heterocycles. The maximum absolute atomic E-state index is 10.9. The van der Waals surface area contributed by atoms with Crippen LogP contribution >= 0.6 is 0 Å². The van der Waals surface area contributed by atoms with Crippen molar-refractivity contribution < 1.29 is 15.0 Å². The molecule has 19 heavy (non-hydrogen) atoms. The van der Waals surface area contributed by atoms with Crippen LogP contribution in [0.2, 0.25) is 0 Å². The maximum Gasteiger partial charge on any atom is 0.310 e. The fraction of sp³-hybridized carbons (Fsp3) is 0.533. The number of hydrogen-bond acceptors (Lipinski definition) is 3. The molecule has 3 N–H and O–H groups in total. The standard InChI is InChI=1S/C15H21NO3/c1-11(14(18)19)13-5-3-12(4-6-13)9-16-15(10-17)7-2-8-15/h3-6,11,16-17H,2,7-10H2,1H3,(H,18,19). The Hall–Kier alpha value is -1.39. The zero-order valence-corrected chi connectivity index (χ0v) is 11.2. The molecule has 0 amide bonds. The van der Waals surface area contributed by atoms with Crippen LogP contribution in [0, 0.1) is 0 Å². The number of carboxylic acid groups (broad SMARTS) is 1. The van der Waals surface area contributed by atoms with Crippen molar-refractivity contribution in [2.45, 2.75) is 44.2 Å². The summed E-state index contributed by atoms with van der Waals surface area (Å²) in [5.41, 5.74) is 1.84. The van der Waals surface area contributed by atoms with E-state index in [9.17, 15) is 9.90 Å². The lowest BCUT2D eigenvalue weighted by Crippen LogP contribution is -2.53. The third-order valence-corrected chi connectivity index (χ3v) is 4.13. The van der Waals surface area contributed by atoms with Crippen molar-refractivity contribution in [3.05, 3.63) is 35.4 Å². The summed E-state index contributed by atoms with van der Waals surface area (Å²) >= 11 is 0. The second-order valence-electron chi connectivity index (χ2n) is 5.45. The van der Waals surface area contributed by atoms with Gasteiger partial charge in [0, 0.05) is 12.1 Å². The number of benzene rings is 1. The second kappa shape index (κ2) is 5.72. The van der Waals surface area contributed by atoms with Crippen LogP contribution in [-0.4, -0.2) is 28.3 Å². The van der Waals surface area contributed by atoms with Crippen LogP contribution in [0.15, 0.2) is 24.3 Å². The van der Waals surface area contributed by atoms with Gasteiger partial charge in [0.2, 0.25) is 0 Å². The average molecular weight is 263 g/mol. The Morgan fingerprint density at radius 2 is 2.00 bits per heavy atom. The van der Waals surface area contributed by atoms with E-state index in [1.54, 1.807) is 6.92 Å². The summed E-state index contributed by atoms with van der Waals surface area (Å²) in [6.45, 7) is 2.58. The van der Waals surface area contributed by atoms with E-state index < -0.39 is 11.9 Å². The highest BCUT2D eigenvalue weighted by Crippen LogP contribution is 2.31. The maximum atomic E-state index is 10.9. The molecule has 1 saturated carbocycles. The fourth-order valence-corrected chi connectivity index (χ4v) is 2.35. The van der Waals surface area contributed by atoms with Crippen molar-refractivity contribution in [1.29, 1.82) is 0 Å². The van der Waals surface area contributed by atoms with Gasteiger partial charge in [-0.15, -0.1) is 0 Å². The second-order valence-corrected chi connectivity index (χ2v) is 5.45. The van der Waals surface area contributed by atoms with E-state index in [1.807, 2.05) is 24.3 Å². The van der Waals surface area contributed by atoms with Crippen molar-refractivity contribution in [3.63, 3.8) is 0 Å². The molecule has 1 fully saturated rings. The highest BCUT2D eigenvalue weighted by molar-refractivity contribution is 5.75. The number of aliphatic hydroxyl groups excluding tert-OH is 1. The van der Waals surface area contributed by atoms with Gasteiger partial charge in [-0.05, 0) is 37.3 Å². The average Bonchev–Trinajstić information content (AvgIpc) is 2.38. The number of hydrogen-bond donors (Lipinski definition) is 3. The molecule has 0 spiro atoms. The topological polar surface area (TPSA) is 69.6 Å². The smallest absolute Gasteiger partial charge is 0.310 e. The van der Waals surface area contributed by atoms with Gasteiger partial charge in [0.1, 0.15) is 0 Å². The molecule has 4 heteroatoms. The normalized spacial score (nSPS) is 18.6. The van der Waals surface area contributed by atoms with E-state index in [-0.39, 0.29) is 12.1 Å². The van der Waals surface area contributed by atoms with E-state index in [0.29, 0.717) is 6.54 Å². The zero-order valence-electron chi connectivity index (χ0n) is 11.2. The summed E-state index contributed by atoms with van der Waals surface area (Å²) in [5, 5.41) is 21.7. The van der Waals surface area contributed by atoms with Gasteiger partial charge < -0.3 is 15.5 Å². The van der Waals surface area contributed by atoms with Gasteiger partial charge in [-0.1, -0.05) is 24.3 Å². The van der Waals surface area contributed by atoms with E-state index in [0.717, 1.165) is 24.0 Å². The third-order valence-electron chi connectivity index (χ3n) is 4.13. The predicted molar refractivity (Wildman–Crippen MR) is 73.0 cm³/mol. The van der Waals surface area contributed by atoms with Crippen LogP contribution in [0.4, 0.5) is 0 Å². The predicted octanol–water partition coefficient (Wildman–Crippen LogP) is 1.88. The molecule has 1 atom stereocenters. The number of nitrogens with one attached hydrogen (secondary N) is 1. The summed E-state index contributed by atoms with van der Waals surface area (Å²) in [4.78, 5) is 10.9. The zero-order chi connectivity index (χ0) is 13.9. The number of rotatable bonds is 6. The molecular weight excluding hydrogens is 242 g/mol. The number of carboxylic acids is 1. The molecule has 1 aliphatic rings. The fourth-order valence-electron chi connectivity index (χ4n) is 2.35. The Labute approximate surface area is 113 Å². The lowest BCUT2D eigenvalue weighted by molar-refractivity contribution is -0.138. The highest BCUT2D eigenvalue weighted by atomic mass is 16.4. The van der Waals surface area contributed by atoms with Crippen LogP contribution in [0.3, 0.4) is 0 Å². The molecule has 1 unspecified atom stereocenters. The molecule has 2 rings (SSSR count). The monoisotopic (exact) mass is 263 g/mol. The van der Waals surface area contributed by atoms with Crippen molar-refractivity contribution in [2.24, 2.45) is 0 Å². The molecule has 0 radical (unpaired) electrons. The Morgan fingerprint density at radius 1 is 1.37 bits per heavy atom. The van der Waals surface area contributed by atoms with Crippen LogP contribution in [-0.2, 0) is 11.3 Å². The first-order valence-electron chi connectivity index (χ1n) is 6.74. The van der Waals surface area contributed by atoms with Gasteiger partial charge in [-0.2, -0.15) is 0 Å². The molecule has 0 heterocycles. The van der Waals surface area contributed by atoms with Gasteiger partial charge in [-0.3, -0.25) is 4.79 Å². The quantitative estimate of drug-likeness (QED) is 0.733. The summed E-state index contributed by atoms with van der Waals surface area (Å²) in [5.74, 6) is -1.28. The summed E-state index contributed by atoms with van der Waals surface area (Å²) in [7, 11) is 0. The Kier molecular flexibility index (Phi) is 4.22. The van der Waals surface area contributed by atoms with Crippen molar-refractivity contribution >= 4 is 5.97 Å². The number of aliphatic carboxylic acids is 1. The first-order valence-corrected chi connectivity index (χ1v) is 6.74. The van der Waals surface area contributed by atoms with Gasteiger partial charge in [0.15, 0.2) is 0 Å². The molecular formula is C15H21NO3. The minimum absolute atomic E-state index is 0.0903. The SMILES string of the molecule is CC(C(=O)O)c1ccc(CNC2(CO)CCC2)cc1. The molecule has 4 nitrogen and oxygen atoms in total. The van der Waals surface area contributed by atoms with E-state index in [4.69, 9.17) is 5.11 Å². The molecule has 1 aromatic rings. The minimum Gasteiger partial charge on any atom is -0.481 e. The Morgan fingerprint density at radius 3 is 2.42 bits per heavy atom. The minimum atomic E-state index is -0.806. The van der Waals surface area contributed by atoms with Crippen molar-refractivity contribution in [1.82, 2.24) is 5.32 Å². The molecule has 104 valence electrons. The lowest BCUT2D eigenvalue weighted by Gasteiger charge is -2.41. The van der Waals surface area contributed by atoms with Gasteiger partial charge in [0.05, 0.1) is 12.5 Å². The number of carbonyl (C=O) groups is 1. The summed E-state index contributed by atoms with van der Waals surface area (Å²) in [6.07, 6.45) is 3.22. The van der Waals surface area contributed by atoms with Gasteiger partial charge >= 0.3 is 5.97 Å². The highest BCUT2D eigenvalue weighted by Gasteiger charge is 2.35. The van der Waals surface area contributed by atoms with Crippen LogP contribution in [0.5, 0.6) is 0 Å². The van der Waals surface area contributed by atoms with Gasteiger partial charge in [0.25, 0.3) is 0 Å².